The number of rotatable bonds is 3. The van der Waals surface area contributed by atoms with Gasteiger partial charge in [0, 0.05) is 25.0 Å². The summed E-state index contributed by atoms with van der Waals surface area (Å²) in [5.74, 6) is -0.738. The summed E-state index contributed by atoms with van der Waals surface area (Å²) in [5, 5.41) is 9.60. The normalized spacial score (nSPS) is 25.6. The summed E-state index contributed by atoms with van der Waals surface area (Å²) in [5.41, 5.74) is 1.80. The molecule has 1 fully saturated rings. The fourth-order valence-corrected chi connectivity index (χ4v) is 3.11. The van der Waals surface area contributed by atoms with Gasteiger partial charge in [-0.1, -0.05) is 35.4 Å². The molecule has 0 radical (unpaired) electrons. The van der Waals surface area contributed by atoms with Crippen molar-refractivity contribution in [2.75, 3.05) is 13.1 Å². The summed E-state index contributed by atoms with van der Waals surface area (Å²) in [4.78, 5) is 2.23. The van der Waals surface area contributed by atoms with E-state index in [1.54, 1.807) is 18.2 Å². The van der Waals surface area contributed by atoms with Crippen LogP contribution in [0.3, 0.4) is 0 Å². The zero-order valence-corrected chi connectivity index (χ0v) is 13.4. The quantitative estimate of drug-likeness (QED) is 0.775. The van der Waals surface area contributed by atoms with E-state index in [0.29, 0.717) is 12.1 Å². The number of halogens is 2. The van der Waals surface area contributed by atoms with Gasteiger partial charge in [-0.15, -0.1) is 0 Å². The first-order chi connectivity index (χ1) is 9.95. The van der Waals surface area contributed by atoms with Gasteiger partial charge in [0.05, 0.1) is 17.0 Å². The zero-order valence-electron chi connectivity index (χ0n) is 12.6. The van der Waals surface area contributed by atoms with Gasteiger partial charge >= 0.3 is 0 Å². The largest absolute Gasteiger partial charge is 0.295 e. The zero-order chi connectivity index (χ0) is 15.6. The molecule has 2 rings (SSSR count). The van der Waals surface area contributed by atoms with Gasteiger partial charge in [0.1, 0.15) is 5.82 Å². The van der Waals surface area contributed by atoms with Crippen LogP contribution in [0.1, 0.15) is 32.3 Å². The van der Waals surface area contributed by atoms with Gasteiger partial charge < -0.3 is 0 Å². The van der Waals surface area contributed by atoms with Gasteiger partial charge in [-0.05, 0) is 32.4 Å². The highest BCUT2D eigenvalue weighted by Crippen LogP contribution is 2.39. The maximum atomic E-state index is 14.3. The van der Waals surface area contributed by atoms with Crippen LogP contribution in [0.2, 0.25) is 5.02 Å². The Balaban J connectivity index is 2.30. The molecular weight excluding hydrogens is 287 g/mol. The van der Waals surface area contributed by atoms with Crippen LogP contribution < -0.4 is 0 Å². The molecule has 0 aromatic heterocycles. The summed E-state index contributed by atoms with van der Waals surface area (Å²) < 4.78 is 14.3. The Bertz CT molecular complexity index is 587. The van der Waals surface area contributed by atoms with E-state index in [1.165, 1.54) is 5.57 Å². The maximum Gasteiger partial charge on any atom is 0.145 e. The predicted octanol–water partition coefficient (Wildman–Crippen LogP) is 4.37. The molecule has 1 aliphatic rings. The molecule has 21 heavy (non-hydrogen) atoms. The molecule has 112 valence electrons. The number of likely N-dealkylation sites (tertiary alicyclic amines) is 1. The molecule has 1 saturated heterocycles. The fourth-order valence-electron chi connectivity index (χ4n) is 2.93. The van der Waals surface area contributed by atoms with E-state index >= 15 is 0 Å². The average molecular weight is 307 g/mol. The van der Waals surface area contributed by atoms with E-state index in [2.05, 4.69) is 30.9 Å². The van der Waals surface area contributed by atoms with Crippen molar-refractivity contribution in [1.82, 2.24) is 4.90 Å². The lowest BCUT2D eigenvalue weighted by molar-refractivity contribution is 0.282. The van der Waals surface area contributed by atoms with Crippen LogP contribution in [-0.2, 0) is 0 Å². The van der Waals surface area contributed by atoms with Gasteiger partial charge in [0.2, 0.25) is 0 Å². The summed E-state index contributed by atoms with van der Waals surface area (Å²) in [6, 6.07) is 7.49. The Kier molecular flexibility index (Phi) is 5.03. The second kappa shape index (κ2) is 6.60. The monoisotopic (exact) mass is 306 g/mol. The van der Waals surface area contributed by atoms with Gasteiger partial charge in [0.15, 0.2) is 0 Å². The first-order valence-electron chi connectivity index (χ1n) is 7.16. The number of nitriles is 1. The van der Waals surface area contributed by atoms with Gasteiger partial charge in [0.25, 0.3) is 0 Å². The maximum absolute atomic E-state index is 14.3. The molecule has 1 aromatic rings. The minimum atomic E-state index is -0.388. The van der Waals surface area contributed by atoms with Gasteiger partial charge in [-0.2, -0.15) is 5.26 Å². The Labute approximate surface area is 130 Å². The summed E-state index contributed by atoms with van der Waals surface area (Å²) in [6.45, 7) is 7.61. The molecule has 0 amide bonds. The topological polar surface area (TPSA) is 27.0 Å². The Morgan fingerprint density at radius 1 is 1.52 bits per heavy atom. The Morgan fingerprint density at radius 3 is 2.86 bits per heavy atom. The number of hydrogen-bond acceptors (Lipinski definition) is 2. The molecule has 0 spiro atoms. The summed E-state index contributed by atoms with van der Waals surface area (Å²) in [6.07, 6.45) is 2.14. The molecule has 2 nitrogen and oxygen atoms in total. The lowest BCUT2D eigenvalue weighted by Gasteiger charge is -2.20. The van der Waals surface area contributed by atoms with Crippen molar-refractivity contribution in [1.29, 1.82) is 5.26 Å². The minimum absolute atomic E-state index is 0.106. The van der Waals surface area contributed by atoms with Crippen molar-refractivity contribution in [3.63, 3.8) is 0 Å². The predicted molar refractivity (Wildman–Crippen MR) is 83.7 cm³/mol. The van der Waals surface area contributed by atoms with Crippen LogP contribution in [0.15, 0.2) is 29.8 Å². The van der Waals surface area contributed by atoms with E-state index in [-0.39, 0.29) is 28.7 Å². The number of allylic oxidation sites excluding steroid dienone is 1. The number of nitrogens with zero attached hydrogens (tertiary/aromatic N) is 2. The van der Waals surface area contributed by atoms with Gasteiger partial charge in [-0.25, -0.2) is 4.39 Å². The standard InChI is InChI=1S/C17H20ClFN2/c1-11(2)7-8-21-10-15(14(9-20)12(21)3)13-5-4-6-16(18)17(13)19/h4-7,12,14-15H,8,10H2,1-3H3. The molecule has 0 aliphatic carbocycles. The molecule has 3 atom stereocenters. The molecule has 3 unspecified atom stereocenters. The first kappa shape index (κ1) is 16.0. The van der Waals surface area contributed by atoms with E-state index in [4.69, 9.17) is 11.6 Å². The second-order valence-electron chi connectivity index (χ2n) is 5.88. The van der Waals surface area contributed by atoms with Crippen LogP contribution in [0.4, 0.5) is 4.39 Å². The molecule has 1 aromatic carbocycles. The molecular formula is C17H20ClFN2. The summed E-state index contributed by atoms with van der Waals surface area (Å²) in [7, 11) is 0. The van der Waals surface area contributed by atoms with Gasteiger partial charge in [-0.3, -0.25) is 4.90 Å². The Hall–Kier alpha value is -1.37. The smallest absolute Gasteiger partial charge is 0.145 e. The molecule has 0 bridgehead atoms. The van der Waals surface area contributed by atoms with Crippen molar-refractivity contribution < 1.29 is 4.39 Å². The lowest BCUT2D eigenvalue weighted by Crippen LogP contribution is -2.29. The van der Waals surface area contributed by atoms with Crippen molar-refractivity contribution in [3.8, 4) is 6.07 Å². The highest BCUT2D eigenvalue weighted by Gasteiger charge is 2.40. The van der Waals surface area contributed by atoms with Crippen molar-refractivity contribution in [3.05, 3.63) is 46.3 Å². The van der Waals surface area contributed by atoms with E-state index in [9.17, 15) is 9.65 Å². The molecule has 0 saturated carbocycles. The third-order valence-electron chi connectivity index (χ3n) is 4.22. The van der Waals surface area contributed by atoms with Crippen molar-refractivity contribution in [2.24, 2.45) is 5.92 Å². The van der Waals surface area contributed by atoms with Crippen molar-refractivity contribution >= 4 is 11.6 Å². The molecule has 1 aliphatic heterocycles. The van der Waals surface area contributed by atoms with Crippen LogP contribution in [0.5, 0.6) is 0 Å². The highest BCUT2D eigenvalue weighted by molar-refractivity contribution is 6.30. The Morgan fingerprint density at radius 2 is 2.24 bits per heavy atom. The minimum Gasteiger partial charge on any atom is -0.295 e. The lowest BCUT2D eigenvalue weighted by atomic mass is 9.86. The molecule has 0 N–H and O–H groups in total. The van der Waals surface area contributed by atoms with Crippen LogP contribution in [0, 0.1) is 23.1 Å². The number of hydrogen-bond donors (Lipinski definition) is 0. The van der Waals surface area contributed by atoms with E-state index in [1.807, 2.05) is 6.92 Å². The SMILES string of the molecule is CC(C)=CCN1CC(c2cccc(Cl)c2F)C(C#N)C1C. The first-order valence-corrected chi connectivity index (χ1v) is 7.54. The van der Waals surface area contributed by atoms with Crippen molar-refractivity contribution in [2.45, 2.75) is 32.7 Å². The average Bonchev–Trinajstić information content (AvgIpc) is 2.75. The highest BCUT2D eigenvalue weighted by atomic mass is 35.5. The van der Waals surface area contributed by atoms with Crippen LogP contribution in [0.25, 0.3) is 0 Å². The second-order valence-corrected chi connectivity index (χ2v) is 6.29. The third-order valence-corrected chi connectivity index (χ3v) is 4.52. The molecule has 4 heteroatoms. The third kappa shape index (κ3) is 3.28. The fraction of sp³-hybridized carbons (Fsp3) is 0.471. The van der Waals surface area contributed by atoms with E-state index < -0.39 is 0 Å². The van der Waals surface area contributed by atoms with Crippen LogP contribution in [-0.4, -0.2) is 24.0 Å². The number of benzene rings is 1. The summed E-state index contributed by atoms with van der Waals surface area (Å²) >= 11 is 5.88. The van der Waals surface area contributed by atoms with Crippen LogP contribution >= 0.6 is 11.6 Å². The van der Waals surface area contributed by atoms with E-state index in [0.717, 1.165) is 6.54 Å². The molecule has 1 heterocycles.